The van der Waals surface area contributed by atoms with Gasteiger partial charge in [-0.15, -0.1) is 0 Å². The fraction of sp³-hybridized carbons (Fsp3) is 0.0833. The van der Waals surface area contributed by atoms with Crippen molar-refractivity contribution in [1.82, 2.24) is 4.98 Å². The van der Waals surface area contributed by atoms with Gasteiger partial charge in [0.15, 0.2) is 5.58 Å². The molecule has 0 aliphatic rings. The van der Waals surface area contributed by atoms with Crippen LogP contribution in [-0.4, -0.2) is 18.0 Å². The highest BCUT2D eigenvalue weighted by Gasteiger charge is 2.11. The fourth-order valence-corrected chi connectivity index (χ4v) is 3.03. The molecule has 0 saturated heterocycles. The number of aryl methyl sites for hydroxylation is 1. The van der Waals surface area contributed by atoms with Crippen molar-refractivity contribution >= 4 is 28.8 Å². The molecule has 1 N–H and O–H groups in total. The van der Waals surface area contributed by atoms with E-state index in [4.69, 9.17) is 9.15 Å². The van der Waals surface area contributed by atoms with Crippen LogP contribution in [0.15, 0.2) is 77.2 Å². The van der Waals surface area contributed by atoms with Crippen LogP contribution in [0.4, 0.5) is 5.69 Å². The molecule has 0 bridgehead atoms. The Morgan fingerprint density at radius 2 is 1.93 bits per heavy atom. The second kappa shape index (κ2) is 8.02. The molecule has 3 aromatic carbocycles. The van der Waals surface area contributed by atoms with Crippen molar-refractivity contribution in [1.29, 1.82) is 0 Å². The van der Waals surface area contributed by atoms with Crippen LogP contribution in [-0.2, 0) is 4.79 Å². The number of fused-ring (bicyclic) bond motifs is 1. The molecule has 4 aromatic rings. The van der Waals surface area contributed by atoms with Crippen molar-refractivity contribution < 1.29 is 13.9 Å². The third-order valence-corrected chi connectivity index (χ3v) is 4.55. The van der Waals surface area contributed by atoms with E-state index in [9.17, 15) is 4.79 Å². The molecule has 0 aliphatic heterocycles. The number of amides is 1. The summed E-state index contributed by atoms with van der Waals surface area (Å²) in [5.41, 5.74) is 4.94. The molecule has 0 fully saturated rings. The van der Waals surface area contributed by atoms with Gasteiger partial charge in [-0.25, -0.2) is 4.98 Å². The third-order valence-electron chi connectivity index (χ3n) is 4.55. The summed E-state index contributed by atoms with van der Waals surface area (Å²) in [5.74, 6) is 1.08. The summed E-state index contributed by atoms with van der Waals surface area (Å²) in [4.78, 5) is 16.8. The van der Waals surface area contributed by atoms with Gasteiger partial charge in [0.1, 0.15) is 11.3 Å². The zero-order valence-electron chi connectivity index (χ0n) is 16.2. The second-order valence-corrected chi connectivity index (χ2v) is 6.62. The average Bonchev–Trinajstić information content (AvgIpc) is 3.16. The zero-order chi connectivity index (χ0) is 20.2. The summed E-state index contributed by atoms with van der Waals surface area (Å²) in [7, 11) is 1.61. The van der Waals surface area contributed by atoms with Crippen LogP contribution >= 0.6 is 0 Å². The number of nitrogens with zero attached hydrogens (tertiary/aromatic N) is 1. The van der Waals surface area contributed by atoms with Gasteiger partial charge in [-0.1, -0.05) is 30.3 Å². The lowest BCUT2D eigenvalue weighted by Gasteiger charge is -2.02. The Kier molecular flexibility index (Phi) is 5.12. The number of benzene rings is 3. The van der Waals surface area contributed by atoms with Gasteiger partial charge in [0, 0.05) is 23.4 Å². The van der Waals surface area contributed by atoms with Gasteiger partial charge in [-0.05, 0) is 54.5 Å². The Bertz CT molecular complexity index is 1210. The largest absolute Gasteiger partial charge is 0.497 e. The van der Waals surface area contributed by atoms with Crippen molar-refractivity contribution in [2.45, 2.75) is 6.92 Å². The number of hydrogen-bond acceptors (Lipinski definition) is 4. The first-order chi connectivity index (χ1) is 14.1. The molecule has 0 atom stereocenters. The van der Waals surface area contributed by atoms with E-state index in [1.165, 1.54) is 6.08 Å². The van der Waals surface area contributed by atoms with Crippen molar-refractivity contribution in [2.75, 3.05) is 12.4 Å². The molecule has 29 heavy (non-hydrogen) atoms. The van der Waals surface area contributed by atoms with E-state index < -0.39 is 0 Å². The first-order valence-corrected chi connectivity index (χ1v) is 9.22. The molecule has 144 valence electrons. The number of anilines is 1. The maximum Gasteiger partial charge on any atom is 0.248 e. The van der Waals surface area contributed by atoms with Crippen LogP contribution in [0.25, 0.3) is 28.6 Å². The molecular weight excluding hydrogens is 364 g/mol. The van der Waals surface area contributed by atoms with Crippen LogP contribution < -0.4 is 10.1 Å². The maximum atomic E-state index is 12.3. The number of methoxy groups -OCH3 is 1. The number of rotatable bonds is 5. The summed E-state index contributed by atoms with van der Waals surface area (Å²) >= 11 is 0. The Morgan fingerprint density at radius 1 is 1.07 bits per heavy atom. The van der Waals surface area contributed by atoms with Gasteiger partial charge in [-0.2, -0.15) is 0 Å². The number of ether oxygens (including phenoxy) is 1. The maximum absolute atomic E-state index is 12.3. The molecule has 0 spiro atoms. The molecule has 5 heteroatoms. The quantitative estimate of drug-likeness (QED) is 0.464. The fourth-order valence-electron chi connectivity index (χ4n) is 3.03. The smallest absolute Gasteiger partial charge is 0.248 e. The monoisotopic (exact) mass is 384 g/mol. The summed E-state index contributed by atoms with van der Waals surface area (Å²) in [6.07, 6.45) is 3.22. The van der Waals surface area contributed by atoms with Gasteiger partial charge in [0.05, 0.1) is 7.11 Å². The van der Waals surface area contributed by atoms with Crippen LogP contribution in [0.2, 0.25) is 0 Å². The Balaban J connectivity index is 1.51. The van der Waals surface area contributed by atoms with E-state index in [0.717, 1.165) is 28.0 Å². The molecule has 0 aliphatic carbocycles. The van der Waals surface area contributed by atoms with Crippen LogP contribution in [0.5, 0.6) is 5.75 Å². The zero-order valence-corrected chi connectivity index (χ0v) is 16.2. The molecule has 1 aromatic heterocycles. The van der Waals surface area contributed by atoms with Crippen molar-refractivity contribution in [3.05, 3.63) is 83.9 Å². The standard InChI is InChI=1S/C24H20N2O3/c1-16-6-3-4-9-20(16)24-26-21-12-11-18(15-22(21)29-24)25-23(27)13-10-17-7-5-8-19(14-17)28-2/h3-15H,1-2H3,(H,25,27)/b13-10+. The lowest BCUT2D eigenvalue weighted by Crippen LogP contribution is -2.07. The SMILES string of the molecule is COc1cccc(/C=C/C(=O)Nc2ccc3nc(-c4ccccc4C)oc3c2)c1. The summed E-state index contributed by atoms with van der Waals surface area (Å²) in [5, 5.41) is 2.85. The number of hydrogen-bond donors (Lipinski definition) is 1. The van der Waals surface area contributed by atoms with E-state index in [2.05, 4.69) is 10.3 Å². The van der Waals surface area contributed by atoms with E-state index in [1.807, 2.05) is 67.6 Å². The number of carbonyl (C=O) groups excluding carboxylic acids is 1. The normalized spacial score (nSPS) is 11.1. The molecule has 4 rings (SSSR count). The predicted octanol–water partition coefficient (Wildman–Crippen LogP) is 5.46. The lowest BCUT2D eigenvalue weighted by molar-refractivity contribution is -0.111. The van der Waals surface area contributed by atoms with Gasteiger partial charge in [0.2, 0.25) is 11.8 Å². The number of carbonyl (C=O) groups is 1. The number of oxazole rings is 1. The minimum atomic E-state index is -0.231. The van der Waals surface area contributed by atoms with Crippen molar-refractivity contribution in [3.8, 4) is 17.2 Å². The van der Waals surface area contributed by atoms with Gasteiger partial charge in [-0.3, -0.25) is 4.79 Å². The summed E-state index contributed by atoms with van der Waals surface area (Å²) in [6.45, 7) is 2.02. The molecular formula is C24H20N2O3. The van der Waals surface area contributed by atoms with Crippen molar-refractivity contribution in [3.63, 3.8) is 0 Å². The second-order valence-electron chi connectivity index (χ2n) is 6.62. The predicted molar refractivity (Wildman–Crippen MR) is 115 cm³/mol. The first kappa shape index (κ1) is 18.5. The number of aromatic nitrogens is 1. The van der Waals surface area contributed by atoms with Crippen LogP contribution in [0.3, 0.4) is 0 Å². The Hall–Kier alpha value is -3.86. The topological polar surface area (TPSA) is 64.4 Å². The van der Waals surface area contributed by atoms with Crippen molar-refractivity contribution in [2.24, 2.45) is 0 Å². The van der Waals surface area contributed by atoms with E-state index in [0.29, 0.717) is 17.2 Å². The minimum Gasteiger partial charge on any atom is -0.497 e. The lowest BCUT2D eigenvalue weighted by atomic mass is 10.1. The molecule has 0 saturated carbocycles. The molecule has 5 nitrogen and oxygen atoms in total. The van der Waals surface area contributed by atoms with Crippen LogP contribution in [0, 0.1) is 6.92 Å². The third kappa shape index (κ3) is 4.19. The van der Waals surface area contributed by atoms with Gasteiger partial charge in [0.25, 0.3) is 0 Å². The van der Waals surface area contributed by atoms with Crippen LogP contribution in [0.1, 0.15) is 11.1 Å². The minimum absolute atomic E-state index is 0.231. The molecule has 0 unspecified atom stereocenters. The van der Waals surface area contributed by atoms with Gasteiger partial charge < -0.3 is 14.5 Å². The molecule has 0 radical (unpaired) electrons. The van der Waals surface area contributed by atoms with E-state index >= 15 is 0 Å². The highest BCUT2D eigenvalue weighted by molar-refractivity contribution is 6.02. The highest BCUT2D eigenvalue weighted by Crippen LogP contribution is 2.28. The summed E-state index contributed by atoms with van der Waals surface area (Å²) in [6, 6.07) is 20.8. The Labute approximate surface area is 168 Å². The highest BCUT2D eigenvalue weighted by atomic mass is 16.5. The van der Waals surface area contributed by atoms with E-state index in [1.54, 1.807) is 19.3 Å². The molecule has 1 heterocycles. The first-order valence-electron chi connectivity index (χ1n) is 9.22. The Morgan fingerprint density at radius 3 is 2.76 bits per heavy atom. The molecule has 1 amide bonds. The van der Waals surface area contributed by atoms with Gasteiger partial charge >= 0.3 is 0 Å². The van der Waals surface area contributed by atoms with E-state index in [-0.39, 0.29) is 5.91 Å². The average molecular weight is 384 g/mol. The summed E-state index contributed by atoms with van der Waals surface area (Å²) < 4.78 is 11.1. The number of nitrogens with one attached hydrogen (secondary N) is 1.